The van der Waals surface area contributed by atoms with Gasteiger partial charge in [0.2, 0.25) is 0 Å². The molecular weight excluding hydrogens is 208 g/mol. The molecule has 17 heavy (non-hydrogen) atoms. The van der Waals surface area contributed by atoms with Gasteiger partial charge in [-0.15, -0.1) is 0 Å². The molecule has 1 rings (SSSR count). The fourth-order valence-corrected chi connectivity index (χ4v) is 2.23. The minimum absolute atomic E-state index is 0.116. The Hall–Kier alpha value is -0.860. The van der Waals surface area contributed by atoms with Crippen LogP contribution in [0.2, 0.25) is 0 Å². The van der Waals surface area contributed by atoms with Gasteiger partial charge in [0.05, 0.1) is 0 Å². The number of nitrogens with two attached hydrogens (primary N) is 1. The van der Waals surface area contributed by atoms with Crippen LogP contribution in [-0.2, 0) is 0 Å². The van der Waals surface area contributed by atoms with E-state index >= 15 is 0 Å². The lowest BCUT2D eigenvalue weighted by molar-refractivity contribution is 0.202. The third-order valence-corrected chi connectivity index (χ3v) is 3.64. The smallest absolute Gasteiger partial charge is 0.0427 e. The summed E-state index contributed by atoms with van der Waals surface area (Å²) >= 11 is 0. The van der Waals surface area contributed by atoms with Crippen molar-refractivity contribution in [2.45, 2.75) is 46.2 Å². The van der Waals surface area contributed by atoms with Gasteiger partial charge in [0.1, 0.15) is 0 Å². The van der Waals surface area contributed by atoms with Crippen LogP contribution >= 0.6 is 0 Å². The monoisotopic (exact) mass is 234 g/mol. The molecule has 0 spiro atoms. The summed E-state index contributed by atoms with van der Waals surface area (Å²) in [7, 11) is 0. The minimum Gasteiger partial charge on any atom is -0.323 e. The number of hydrogen-bond donors (Lipinski definition) is 1. The number of rotatable bonds is 6. The molecule has 2 unspecified atom stereocenters. The van der Waals surface area contributed by atoms with E-state index in [0.29, 0.717) is 6.04 Å². The van der Waals surface area contributed by atoms with E-state index in [4.69, 9.17) is 5.73 Å². The normalized spacial score (nSPS) is 14.9. The number of hydrogen-bond acceptors (Lipinski definition) is 2. The molecule has 0 saturated carbocycles. The molecule has 1 aromatic carbocycles. The van der Waals surface area contributed by atoms with Gasteiger partial charge in [-0.05, 0) is 37.9 Å². The average Bonchev–Trinajstić information content (AvgIpc) is 2.35. The maximum Gasteiger partial charge on any atom is 0.0427 e. The fraction of sp³-hybridized carbons (Fsp3) is 0.600. The Morgan fingerprint density at radius 2 is 1.88 bits per heavy atom. The molecular formula is C15H26N2. The predicted molar refractivity (Wildman–Crippen MR) is 75.1 cm³/mol. The quantitative estimate of drug-likeness (QED) is 0.819. The largest absolute Gasteiger partial charge is 0.323 e. The zero-order chi connectivity index (χ0) is 12.8. The van der Waals surface area contributed by atoms with Crippen molar-refractivity contribution in [3.05, 3.63) is 35.4 Å². The summed E-state index contributed by atoms with van der Waals surface area (Å²) in [4.78, 5) is 2.46. The molecule has 2 atom stereocenters. The van der Waals surface area contributed by atoms with E-state index in [0.717, 1.165) is 13.1 Å². The summed E-state index contributed by atoms with van der Waals surface area (Å²) < 4.78 is 0. The van der Waals surface area contributed by atoms with Gasteiger partial charge in [-0.2, -0.15) is 0 Å². The first kappa shape index (κ1) is 14.2. The number of nitrogens with zero attached hydrogens (tertiary/aromatic N) is 1. The molecule has 2 heteroatoms. The van der Waals surface area contributed by atoms with E-state index in [1.54, 1.807) is 0 Å². The maximum absolute atomic E-state index is 6.32. The van der Waals surface area contributed by atoms with Gasteiger partial charge in [-0.25, -0.2) is 0 Å². The number of aryl methyl sites for hydroxylation is 1. The Bertz CT molecular complexity index is 335. The van der Waals surface area contributed by atoms with Crippen LogP contribution in [0.3, 0.4) is 0 Å². The Kier molecular flexibility index (Phi) is 5.66. The highest BCUT2D eigenvalue weighted by molar-refractivity contribution is 5.28. The minimum atomic E-state index is 0.116. The first-order valence-corrected chi connectivity index (χ1v) is 6.65. The maximum atomic E-state index is 6.32. The molecule has 0 heterocycles. The van der Waals surface area contributed by atoms with E-state index in [1.807, 2.05) is 0 Å². The molecule has 1 aromatic rings. The van der Waals surface area contributed by atoms with Crippen LogP contribution < -0.4 is 5.73 Å². The topological polar surface area (TPSA) is 29.3 Å². The summed E-state index contributed by atoms with van der Waals surface area (Å²) in [5.74, 6) is 0. The van der Waals surface area contributed by atoms with Crippen LogP contribution in [0.15, 0.2) is 24.3 Å². The lowest BCUT2D eigenvalue weighted by Gasteiger charge is -2.30. The van der Waals surface area contributed by atoms with Crippen LogP contribution in [0.25, 0.3) is 0 Å². The molecule has 0 bridgehead atoms. The summed E-state index contributed by atoms with van der Waals surface area (Å²) in [6.45, 7) is 10.8. The van der Waals surface area contributed by atoms with Crippen LogP contribution in [-0.4, -0.2) is 24.0 Å². The molecule has 0 aromatic heterocycles. The summed E-state index contributed by atoms with van der Waals surface area (Å²) in [6.07, 6.45) is 1.17. The molecule has 0 fully saturated rings. The molecule has 0 aliphatic rings. The Morgan fingerprint density at radius 3 is 2.41 bits per heavy atom. The van der Waals surface area contributed by atoms with Crippen molar-refractivity contribution in [2.75, 3.05) is 13.1 Å². The van der Waals surface area contributed by atoms with E-state index in [9.17, 15) is 0 Å². The van der Waals surface area contributed by atoms with Crippen molar-refractivity contribution >= 4 is 0 Å². The number of benzene rings is 1. The third-order valence-electron chi connectivity index (χ3n) is 3.64. The molecule has 0 aliphatic heterocycles. The van der Waals surface area contributed by atoms with Crippen LogP contribution in [0.1, 0.15) is 44.4 Å². The first-order valence-electron chi connectivity index (χ1n) is 6.65. The highest BCUT2D eigenvalue weighted by Gasteiger charge is 2.16. The molecule has 0 amide bonds. The van der Waals surface area contributed by atoms with Gasteiger partial charge in [0.25, 0.3) is 0 Å². The SMILES string of the molecule is CCC(C)N(CC)CC(N)c1ccccc1C. The fourth-order valence-electron chi connectivity index (χ4n) is 2.23. The second-order valence-corrected chi connectivity index (χ2v) is 4.81. The zero-order valence-electron chi connectivity index (χ0n) is 11.6. The molecule has 0 saturated heterocycles. The van der Waals surface area contributed by atoms with E-state index in [1.165, 1.54) is 17.5 Å². The van der Waals surface area contributed by atoms with Crippen molar-refractivity contribution in [1.82, 2.24) is 4.90 Å². The zero-order valence-corrected chi connectivity index (χ0v) is 11.6. The average molecular weight is 234 g/mol. The molecule has 0 aliphatic carbocycles. The third kappa shape index (κ3) is 3.83. The summed E-state index contributed by atoms with van der Waals surface area (Å²) in [5.41, 5.74) is 8.89. The van der Waals surface area contributed by atoms with Crippen molar-refractivity contribution in [1.29, 1.82) is 0 Å². The van der Waals surface area contributed by atoms with Crippen molar-refractivity contribution in [3.8, 4) is 0 Å². The van der Waals surface area contributed by atoms with Gasteiger partial charge in [0, 0.05) is 18.6 Å². The lowest BCUT2D eigenvalue weighted by atomic mass is 10.0. The van der Waals surface area contributed by atoms with Gasteiger partial charge < -0.3 is 5.73 Å². The van der Waals surface area contributed by atoms with Crippen LogP contribution in [0.4, 0.5) is 0 Å². The summed E-state index contributed by atoms with van der Waals surface area (Å²) in [5, 5.41) is 0. The van der Waals surface area contributed by atoms with Gasteiger partial charge in [-0.3, -0.25) is 4.90 Å². The lowest BCUT2D eigenvalue weighted by Crippen LogP contribution is -2.38. The van der Waals surface area contributed by atoms with E-state index in [2.05, 4.69) is 56.9 Å². The second kappa shape index (κ2) is 6.77. The Labute approximate surface area is 106 Å². The van der Waals surface area contributed by atoms with Crippen molar-refractivity contribution < 1.29 is 0 Å². The van der Waals surface area contributed by atoms with Crippen LogP contribution in [0, 0.1) is 6.92 Å². The highest BCUT2D eigenvalue weighted by Crippen LogP contribution is 2.17. The standard InChI is InChI=1S/C15H26N2/c1-5-13(4)17(6-2)11-15(16)14-10-8-7-9-12(14)3/h7-10,13,15H,5-6,11,16H2,1-4H3. The van der Waals surface area contributed by atoms with E-state index in [-0.39, 0.29) is 6.04 Å². The predicted octanol–water partition coefficient (Wildman–Crippen LogP) is 3.12. The second-order valence-electron chi connectivity index (χ2n) is 4.81. The first-order chi connectivity index (χ1) is 8.10. The van der Waals surface area contributed by atoms with E-state index < -0.39 is 0 Å². The molecule has 0 radical (unpaired) electrons. The van der Waals surface area contributed by atoms with Crippen molar-refractivity contribution in [2.24, 2.45) is 5.73 Å². The van der Waals surface area contributed by atoms with Gasteiger partial charge >= 0.3 is 0 Å². The Morgan fingerprint density at radius 1 is 1.24 bits per heavy atom. The summed E-state index contributed by atoms with van der Waals surface area (Å²) in [6, 6.07) is 9.14. The molecule has 96 valence electrons. The van der Waals surface area contributed by atoms with Gasteiger partial charge in [0.15, 0.2) is 0 Å². The Balaban J connectivity index is 2.71. The van der Waals surface area contributed by atoms with Gasteiger partial charge in [-0.1, -0.05) is 38.1 Å². The van der Waals surface area contributed by atoms with Crippen molar-refractivity contribution in [3.63, 3.8) is 0 Å². The van der Waals surface area contributed by atoms with Crippen LogP contribution in [0.5, 0.6) is 0 Å². The number of likely N-dealkylation sites (N-methyl/N-ethyl adjacent to an activating group) is 1. The molecule has 2 nitrogen and oxygen atoms in total. The highest BCUT2D eigenvalue weighted by atomic mass is 15.2. The molecule has 2 N–H and O–H groups in total.